The minimum Gasteiger partial charge on any atom is -0.497 e. The zero-order valence-corrected chi connectivity index (χ0v) is 10.1. The van der Waals surface area contributed by atoms with Gasteiger partial charge in [0.15, 0.2) is 5.82 Å². The molecule has 5 heteroatoms. The molecule has 0 saturated heterocycles. The van der Waals surface area contributed by atoms with Crippen molar-refractivity contribution in [1.29, 1.82) is 0 Å². The van der Waals surface area contributed by atoms with E-state index in [1.807, 2.05) is 38.1 Å². The van der Waals surface area contributed by atoms with E-state index in [4.69, 9.17) is 4.74 Å². The Morgan fingerprint density at radius 1 is 1.41 bits per heavy atom. The predicted octanol–water partition coefficient (Wildman–Crippen LogP) is 1.83. The Morgan fingerprint density at radius 2 is 2.18 bits per heavy atom. The van der Waals surface area contributed by atoms with E-state index in [0.29, 0.717) is 5.82 Å². The highest BCUT2D eigenvalue weighted by Gasteiger charge is 2.13. The summed E-state index contributed by atoms with van der Waals surface area (Å²) in [6.07, 6.45) is 0. The second-order valence-electron chi connectivity index (χ2n) is 4.05. The number of hydrogen-bond donors (Lipinski definition) is 1. The van der Waals surface area contributed by atoms with Gasteiger partial charge in [0.2, 0.25) is 0 Å². The third-order valence-corrected chi connectivity index (χ3v) is 2.55. The Balaban J connectivity index is 2.56. The van der Waals surface area contributed by atoms with Crippen LogP contribution >= 0.6 is 0 Å². The van der Waals surface area contributed by atoms with E-state index < -0.39 is 0 Å². The van der Waals surface area contributed by atoms with Crippen LogP contribution in [-0.2, 0) is 0 Å². The summed E-state index contributed by atoms with van der Waals surface area (Å²) in [4.78, 5) is 11.6. The lowest BCUT2D eigenvalue weighted by molar-refractivity contribution is 0.415. The number of nitrogens with one attached hydrogen (secondary N) is 1. The smallest absolute Gasteiger partial charge is 0.343 e. The van der Waals surface area contributed by atoms with Crippen LogP contribution in [0.25, 0.3) is 11.4 Å². The van der Waals surface area contributed by atoms with Crippen LogP contribution in [0.15, 0.2) is 29.1 Å². The minimum atomic E-state index is -0.196. The van der Waals surface area contributed by atoms with E-state index in [1.54, 1.807) is 11.7 Å². The van der Waals surface area contributed by atoms with Gasteiger partial charge in [-0.15, -0.1) is 0 Å². The number of aromatic amines is 1. The van der Waals surface area contributed by atoms with Crippen LogP contribution in [0.1, 0.15) is 19.9 Å². The van der Waals surface area contributed by atoms with E-state index in [0.717, 1.165) is 11.3 Å². The zero-order valence-electron chi connectivity index (χ0n) is 10.1. The number of H-pyrrole nitrogens is 1. The molecule has 0 amide bonds. The van der Waals surface area contributed by atoms with E-state index in [9.17, 15) is 4.79 Å². The fraction of sp³-hybridized carbons (Fsp3) is 0.333. The summed E-state index contributed by atoms with van der Waals surface area (Å²) in [5.41, 5.74) is 0.661. The third kappa shape index (κ3) is 2.08. The molecule has 1 N–H and O–H groups in total. The summed E-state index contributed by atoms with van der Waals surface area (Å²) in [5.74, 6) is 1.37. The standard InChI is InChI=1S/C12H15N3O2/c1-8(2)15-11(13-14-12(15)16)9-5-4-6-10(7-9)17-3/h4-8H,1-3H3,(H,14,16). The van der Waals surface area contributed by atoms with Crippen molar-refractivity contribution in [2.24, 2.45) is 0 Å². The highest BCUT2D eigenvalue weighted by atomic mass is 16.5. The topological polar surface area (TPSA) is 59.9 Å². The second kappa shape index (κ2) is 4.45. The summed E-state index contributed by atoms with van der Waals surface area (Å²) in [5, 5.41) is 6.52. The normalized spacial score (nSPS) is 10.8. The molecule has 0 radical (unpaired) electrons. The first-order valence-corrected chi connectivity index (χ1v) is 5.45. The van der Waals surface area contributed by atoms with Crippen molar-refractivity contribution >= 4 is 0 Å². The van der Waals surface area contributed by atoms with Gasteiger partial charge in [-0.1, -0.05) is 12.1 Å². The molecule has 2 rings (SSSR count). The van der Waals surface area contributed by atoms with Crippen LogP contribution in [0.4, 0.5) is 0 Å². The summed E-state index contributed by atoms with van der Waals surface area (Å²) in [6, 6.07) is 7.54. The van der Waals surface area contributed by atoms with Crippen LogP contribution in [0.3, 0.4) is 0 Å². The van der Waals surface area contributed by atoms with Crippen LogP contribution in [0.2, 0.25) is 0 Å². The van der Waals surface area contributed by atoms with Gasteiger partial charge in [-0.3, -0.25) is 4.57 Å². The lowest BCUT2D eigenvalue weighted by Gasteiger charge is -2.09. The summed E-state index contributed by atoms with van der Waals surface area (Å²) in [6.45, 7) is 3.89. The van der Waals surface area contributed by atoms with Crippen LogP contribution < -0.4 is 10.4 Å². The number of ether oxygens (including phenoxy) is 1. The quantitative estimate of drug-likeness (QED) is 0.879. The molecule has 0 unspecified atom stereocenters. The van der Waals surface area contributed by atoms with Crippen LogP contribution in [0.5, 0.6) is 5.75 Å². The number of rotatable bonds is 3. The van der Waals surface area contributed by atoms with Crippen molar-refractivity contribution in [2.75, 3.05) is 7.11 Å². The van der Waals surface area contributed by atoms with Gasteiger partial charge in [-0.2, -0.15) is 5.10 Å². The Labute approximate surface area is 99.1 Å². The lowest BCUT2D eigenvalue weighted by atomic mass is 10.2. The molecule has 0 saturated carbocycles. The molecule has 5 nitrogen and oxygen atoms in total. The summed E-state index contributed by atoms with van der Waals surface area (Å²) < 4.78 is 6.78. The van der Waals surface area contributed by atoms with Crippen molar-refractivity contribution < 1.29 is 4.74 Å². The van der Waals surface area contributed by atoms with E-state index in [2.05, 4.69) is 10.2 Å². The van der Waals surface area contributed by atoms with E-state index >= 15 is 0 Å². The van der Waals surface area contributed by atoms with Crippen molar-refractivity contribution in [1.82, 2.24) is 14.8 Å². The van der Waals surface area contributed by atoms with Crippen molar-refractivity contribution in [2.45, 2.75) is 19.9 Å². The molecule has 0 aliphatic heterocycles. The maximum atomic E-state index is 11.6. The van der Waals surface area contributed by atoms with Gasteiger partial charge in [-0.25, -0.2) is 9.89 Å². The fourth-order valence-electron chi connectivity index (χ4n) is 1.75. The van der Waals surface area contributed by atoms with E-state index in [-0.39, 0.29) is 11.7 Å². The Morgan fingerprint density at radius 3 is 2.82 bits per heavy atom. The molecule has 1 aromatic carbocycles. The van der Waals surface area contributed by atoms with Gasteiger partial charge < -0.3 is 4.74 Å². The van der Waals surface area contributed by atoms with Crippen molar-refractivity contribution in [3.05, 3.63) is 34.7 Å². The van der Waals surface area contributed by atoms with Crippen molar-refractivity contribution in [3.63, 3.8) is 0 Å². The van der Waals surface area contributed by atoms with Gasteiger partial charge in [0.1, 0.15) is 5.75 Å². The van der Waals surface area contributed by atoms with Gasteiger partial charge in [0, 0.05) is 11.6 Å². The number of hydrogen-bond acceptors (Lipinski definition) is 3. The molecule has 17 heavy (non-hydrogen) atoms. The number of aromatic nitrogens is 3. The molecule has 0 aliphatic rings. The maximum Gasteiger partial charge on any atom is 0.343 e. The number of methoxy groups -OCH3 is 1. The summed E-state index contributed by atoms with van der Waals surface area (Å²) in [7, 11) is 1.61. The highest BCUT2D eigenvalue weighted by Crippen LogP contribution is 2.22. The Bertz CT molecular complexity index is 569. The monoisotopic (exact) mass is 233 g/mol. The summed E-state index contributed by atoms with van der Waals surface area (Å²) >= 11 is 0. The first kappa shape index (κ1) is 11.4. The first-order valence-electron chi connectivity index (χ1n) is 5.45. The second-order valence-corrected chi connectivity index (χ2v) is 4.05. The molecule has 90 valence electrons. The van der Waals surface area contributed by atoms with Gasteiger partial charge >= 0.3 is 5.69 Å². The molecular formula is C12H15N3O2. The third-order valence-electron chi connectivity index (χ3n) is 2.55. The maximum absolute atomic E-state index is 11.6. The van der Waals surface area contributed by atoms with Crippen LogP contribution in [-0.4, -0.2) is 21.9 Å². The molecule has 2 aromatic rings. The lowest BCUT2D eigenvalue weighted by Crippen LogP contribution is -2.19. The first-order chi connectivity index (χ1) is 8.13. The average molecular weight is 233 g/mol. The van der Waals surface area contributed by atoms with E-state index in [1.165, 1.54) is 0 Å². The minimum absolute atomic E-state index is 0.0578. The molecule has 0 fully saturated rings. The molecular weight excluding hydrogens is 218 g/mol. The highest BCUT2D eigenvalue weighted by molar-refractivity contribution is 5.57. The van der Waals surface area contributed by atoms with Gasteiger partial charge in [0.05, 0.1) is 7.11 Å². The van der Waals surface area contributed by atoms with Crippen molar-refractivity contribution in [3.8, 4) is 17.1 Å². The largest absolute Gasteiger partial charge is 0.497 e. The molecule has 0 atom stereocenters. The number of nitrogens with zero attached hydrogens (tertiary/aromatic N) is 2. The zero-order chi connectivity index (χ0) is 12.4. The molecule has 0 aliphatic carbocycles. The predicted molar refractivity (Wildman–Crippen MR) is 65.2 cm³/mol. The Hall–Kier alpha value is -2.04. The molecule has 1 heterocycles. The number of benzene rings is 1. The molecule has 0 bridgehead atoms. The average Bonchev–Trinajstić information content (AvgIpc) is 2.71. The van der Waals surface area contributed by atoms with Gasteiger partial charge in [-0.05, 0) is 26.0 Å². The van der Waals surface area contributed by atoms with Gasteiger partial charge in [0.25, 0.3) is 0 Å². The Kier molecular flexibility index (Phi) is 2.99. The molecule has 0 spiro atoms. The van der Waals surface area contributed by atoms with Crippen LogP contribution in [0, 0.1) is 0 Å². The SMILES string of the molecule is COc1cccc(-c2n[nH]c(=O)n2C(C)C)c1. The fourth-order valence-corrected chi connectivity index (χ4v) is 1.75. The molecule has 1 aromatic heterocycles.